The van der Waals surface area contributed by atoms with E-state index in [1.165, 1.54) is 58.9 Å². The number of rotatable bonds is 7. The quantitative estimate of drug-likeness (QED) is 0.434. The number of benzene rings is 3. The highest BCUT2D eigenvalue weighted by Gasteiger charge is 2.23. The lowest BCUT2D eigenvalue weighted by Gasteiger charge is -2.32. The van der Waals surface area contributed by atoms with Gasteiger partial charge in [0.1, 0.15) is 0 Å². The standard InChI is InChI=1S/C35H38N2O2/c1-2-37(27-10-4-3-5-11-27)23-34(38)36-26-18-15-25(16-19-26)35(39)33-14-8-13-29-31-20-17-24-9-6-7-12-28(24)30(31)21-22-32(29)33/h6-7,9,12,15-19,21-22,27H,2-5,8,10-11,13-14,20,23H2,1H3,(H,36,38). The van der Waals surface area contributed by atoms with Crippen molar-refractivity contribution in [2.75, 3.05) is 18.4 Å². The minimum Gasteiger partial charge on any atom is -0.325 e. The minimum atomic E-state index is 0.0141. The topological polar surface area (TPSA) is 49.4 Å². The second-order valence-electron chi connectivity index (χ2n) is 11.3. The van der Waals surface area contributed by atoms with Gasteiger partial charge < -0.3 is 5.32 Å². The van der Waals surface area contributed by atoms with Crippen LogP contribution < -0.4 is 15.8 Å². The lowest BCUT2D eigenvalue weighted by Crippen LogP contribution is -2.41. The summed E-state index contributed by atoms with van der Waals surface area (Å²) in [6.07, 6.45) is 12.3. The van der Waals surface area contributed by atoms with Gasteiger partial charge in [-0.15, -0.1) is 0 Å². The zero-order valence-corrected chi connectivity index (χ0v) is 23.0. The maximum Gasteiger partial charge on any atom is 0.238 e. The molecule has 3 aromatic rings. The molecule has 0 radical (unpaired) electrons. The van der Waals surface area contributed by atoms with Gasteiger partial charge in [-0.05, 0) is 101 Å². The molecule has 3 aliphatic rings. The molecule has 0 spiro atoms. The zero-order chi connectivity index (χ0) is 26.8. The van der Waals surface area contributed by atoms with Gasteiger partial charge >= 0.3 is 0 Å². The predicted octanol–water partition coefficient (Wildman–Crippen LogP) is 5.27. The van der Waals surface area contributed by atoms with Crippen molar-refractivity contribution in [3.8, 4) is 0 Å². The molecule has 1 N–H and O–H groups in total. The van der Waals surface area contributed by atoms with E-state index in [9.17, 15) is 9.59 Å². The van der Waals surface area contributed by atoms with Crippen molar-refractivity contribution in [2.45, 2.75) is 70.8 Å². The van der Waals surface area contributed by atoms with Gasteiger partial charge in [0.15, 0.2) is 5.78 Å². The van der Waals surface area contributed by atoms with Crippen molar-refractivity contribution >= 4 is 29.0 Å². The van der Waals surface area contributed by atoms with Gasteiger partial charge in [-0.25, -0.2) is 0 Å². The molecular formula is C35H38N2O2. The predicted molar refractivity (Wildman–Crippen MR) is 158 cm³/mol. The van der Waals surface area contributed by atoms with Crippen LogP contribution in [0.25, 0.3) is 11.6 Å². The Kier molecular flexibility index (Phi) is 7.47. The van der Waals surface area contributed by atoms with Crippen molar-refractivity contribution in [2.24, 2.45) is 0 Å². The number of anilines is 1. The average Bonchev–Trinajstić information content (AvgIpc) is 2.99. The smallest absolute Gasteiger partial charge is 0.238 e. The summed E-state index contributed by atoms with van der Waals surface area (Å²) in [5, 5.41) is 8.07. The summed E-state index contributed by atoms with van der Waals surface area (Å²) >= 11 is 0. The molecule has 0 atom stereocenters. The first-order chi connectivity index (χ1) is 19.1. The average molecular weight is 519 g/mol. The number of Topliss-reactive ketones (excluding diaryl/α,β-unsaturated/α-hetero) is 1. The summed E-state index contributed by atoms with van der Waals surface area (Å²) < 4.78 is 0. The van der Waals surface area contributed by atoms with Gasteiger partial charge in [0.25, 0.3) is 0 Å². The highest BCUT2D eigenvalue weighted by atomic mass is 16.2. The number of carbonyl (C=O) groups is 2. The van der Waals surface area contributed by atoms with E-state index >= 15 is 0 Å². The van der Waals surface area contributed by atoms with Gasteiger partial charge in [0.2, 0.25) is 5.91 Å². The maximum absolute atomic E-state index is 13.7. The highest BCUT2D eigenvalue weighted by Crippen LogP contribution is 2.25. The van der Waals surface area contributed by atoms with E-state index < -0.39 is 0 Å². The first kappa shape index (κ1) is 25.8. The summed E-state index contributed by atoms with van der Waals surface area (Å²) in [5.41, 5.74) is 5.07. The summed E-state index contributed by atoms with van der Waals surface area (Å²) in [5.74, 6) is 0.114. The largest absolute Gasteiger partial charge is 0.325 e. The van der Waals surface area contributed by atoms with Crippen molar-refractivity contribution < 1.29 is 9.59 Å². The maximum atomic E-state index is 13.7. The Bertz CT molecular complexity index is 1610. The SMILES string of the molecule is CCN(CC(=O)Nc1ccc(C(=O)C2=c3ccc4c(c3CCC2)CC=c2ccccc2=4)cc1)C1CCCCC1. The Morgan fingerprint density at radius 2 is 1.59 bits per heavy atom. The first-order valence-electron chi connectivity index (χ1n) is 14.7. The Hall–Kier alpha value is -3.50. The Balaban J connectivity index is 1.22. The molecule has 3 aromatic carbocycles. The summed E-state index contributed by atoms with van der Waals surface area (Å²) in [6.45, 7) is 3.44. The molecule has 0 aromatic heterocycles. The monoisotopic (exact) mass is 518 g/mol. The van der Waals surface area contributed by atoms with Crippen LogP contribution in [-0.2, 0) is 17.6 Å². The van der Waals surface area contributed by atoms with Crippen LogP contribution in [0.5, 0.6) is 0 Å². The van der Waals surface area contributed by atoms with Gasteiger partial charge in [-0.1, -0.05) is 68.7 Å². The Morgan fingerprint density at radius 1 is 0.821 bits per heavy atom. The number of amides is 1. The molecule has 1 saturated carbocycles. The summed E-state index contributed by atoms with van der Waals surface area (Å²) in [6, 6.07) is 20.9. The fraction of sp³-hybridized carbons (Fsp3) is 0.371. The van der Waals surface area contributed by atoms with Gasteiger partial charge in [-0.3, -0.25) is 14.5 Å². The van der Waals surface area contributed by atoms with Crippen LogP contribution in [0, 0.1) is 10.4 Å². The van der Waals surface area contributed by atoms with E-state index in [-0.39, 0.29) is 11.7 Å². The molecule has 39 heavy (non-hydrogen) atoms. The van der Waals surface area contributed by atoms with E-state index in [1.54, 1.807) is 0 Å². The molecule has 3 aliphatic carbocycles. The van der Waals surface area contributed by atoms with Gasteiger partial charge in [0, 0.05) is 22.9 Å². The lowest BCUT2D eigenvalue weighted by atomic mass is 9.84. The number of nitrogens with zero attached hydrogens (tertiary/aromatic N) is 1. The summed E-state index contributed by atoms with van der Waals surface area (Å²) in [4.78, 5) is 28.8. The Morgan fingerprint density at radius 3 is 2.38 bits per heavy atom. The molecular weight excluding hydrogens is 480 g/mol. The third-order valence-electron chi connectivity index (χ3n) is 8.94. The lowest BCUT2D eigenvalue weighted by molar-refractivity contribution is -0.118. The van der Waals surface area contributed by atoms with E-state index in [1.807, 2.05) is 24.3 Å². The van der Waals surface area contributed by atoms with Gasteiger partial charge in [0.05, 0.1) is 6.54 Å². The van der Waals surface area contributed by atoms with E-state index in [2.05, 4.69) is 59.6 Å². The zero-order valence-electron chi connectivity index (χ0n) is 23.0. The molecule has 6 rings (SSSR count). The fourth-order valence-electron chi connectivity index (χ4n) is 6.90. The molecule has 0 unspecified atom stereocenters. The molecule has 200 valence electrons. The van der Waals surface area contributed by atoms with Crippen LogP contribution in [0.3, 0.4) is 0 Å². The fourth-order valence-corrected chi connectivity index (χ4v) is 6.90. The van der Waals surface area contributed by atoms with Crippen molar-refractivity contribution in [1.82, 2.24) is 4.90 Å². The van der Waals surface area contributed by atoms with E-state index in [0.29, 0.717) is 18.2 Å². The van der Waals surface area contributed by atoms with Crippen LogP contribution >= 0.6 is 0 Å². The van der Waals surface area contributed by atoms with Crippen LogP contribution in [-0.4, -0.2) is 35.7 Å². The Labute approximate surface area is 230 Å². The van der Waals surface area contributed by atoms with E-state index in [4.69, 9.17) is 0 Å². The van der Waals surface area contributed by atoms with Crippen molar-refractivity contribution in [3.05, 3.63) is 98.2 Å². The molecule has 4 nitrogen and oxygen atoms in total. The molecule has 0 heterocycles. The van der Waals surface area contributed by atoms with Crippen LogP contribution in [0.2, 0.25) is 0 Å². The first-order valence-corrected chi connectivity index (χ1v) is 14.7. The third kappa shape index (κ3) is 5.23. The van der Waals surface area contributed by atoms with Crippen LogP contribution in [0.4, 0.5) is 5.69 Å². The molecule has 1 amide bonds. The van der Waals surface area contributed by atoms with E-state index in [0.717, 1.165) is 48.7 Å². The molecule has 0 aliphatic heterocycles. The third-order valence-corrected chi connectivity index (χ3v) is 8.94. The number of hydrogen-bond donors (Lipinski definition) is 1. The second-order valence-corrected chi connectivity index (χ2v) is 11.3. The van der Waals surface area contributed by atoms with Crippen LogP contribution in [0.15, 0.2) is 60.7 Å². The minimum absolute atomic E-state index is 0.0141. The van der Waals surface area contributed by atoms with Crippen LogP contribution in [0.1, 0.15) is 73.4 Å². The number of ketones is 1. The number of fused-ring (bicyclic) bond motifs is 4. The number of nitrogens with one attached hydrogen (secondary N) is 1. The van der Waals surface area contributed by atoms with Gasteiger partial charge in [-0.2, -0.15) is 0 Å². The van der Waals surface area contributed by atoms with Crippen molar-refractivity contribution in [1.29, 1.82) is 0 Å². The number of carbonyl (C=O) groups excluding carboxylic acids is 2. The molecule has 0 saturated heterocycles. The normalized spacial score (nSPS) is 16.6. The molecule has 0 bridgehead atoms. The second kappa shape index (κ2) is 11.3. The molecule has 4 heteroatoms. The molecule has 1 fully saturated rings. The highest BCUT2D eigenvalue weighted by molar-refractivity contribution is 6.24. The number of likely N-dealkylation sites (N-methyl/N-ethyl adjacent to an activating group) is 1. The van der Waals surface area contributed by atoms with Crippen molar-refractivity contribution in [3.63, 3.8) is 0 Å². The summed E-state index contributed by atoms with van der Waals surface area (Å²) in [7, 11) is 0. The number of hydrogen-bond acceptors (Lipinski definition) is 3.